The molecule has 0 aromatic heterocycles. The molecule has 2 aromatic rings. The van der Waals surface area contributed by atoms with Gasteiger partial charge in [-0.3, -0.25) is 9.69 Å². The summed E-state index contributed by atoms with van der Waals surface area (Å²) in [5.74, 6) is -3.67. The van der Waals surface area contributed by atoms with Crippen LogP contribution in [-0.2, 0) is 4.79 Å². The van der Waals surface area contributed by atoms with E-state index in [1.165, 1.54) is 36.4 Å². The highest BCUT2D eigenvalue weighted by atomic mass is 32.2. The van der Waals surface area contributed by atoms with Crippen LogP contribution in [0.5, 0.6) is 0 Å². The third-order valence-electron chi connectivity index (χ3n) is 3.61. The van der Waals surface area contributed by atoms with Gasteiger partial charge in [-0.1, -0.05) is 36.1 Å². The van der Waals surface area contributed by atoms with E-state index in [-0.39, 0.29) is 26.0 Å². The van der Waals surface area contributed by atoms with Crippen molar-refractivity contribution in [2.24, 2.45) is 0 Å². The lowest BCUT2D eigenvalue weighted by Gasteiger charge is -2.16. The molecule has 1 aliphatic heterocycles. The molecule has 9 heteroatoms. The monoisotopic (exact) mass is 403 g/mol. The van der Waals surface area contributed by atoms with Gasteiger partial charge in [0.15, 0.2) is 4.32 Å². The average Bonchev–Trinajstić information content (AvgIpc) is 2.88. The van der Waals surface area contributed by atoms with Crippen molar-refractivity contribution in [2.45, 2.75) is 0 Å². The second kappa shape index (κ2) is 7.29. The van der Waals surface area contributed by atoms with Crippen LogP contribution in [0.4, 0.5) is 10.1 Å². The maximum absolute atomic E-state index is 13.3. The minimum atomic E-state index is -1.33. The van der Waals surface area contributed by atoms with E-state index in [1.807, 2.05) is 0 Å². The number of nitrogens with zero attached hydrogens (tertiary/aromatic N) is 1. The molecular weight excluding hydrogens is 393 g/mol. The molecule has 1 heterocycles. The van der Waals surface area contributed by atoms with Gasteiger partial charge in [-0.2, -0.15) is 0 Å². The average molecular weight is 403 g/mol. The number of rotatable bonds is 4. The summed E-state index contributed by atoms with van der Waals surface area (Å²) in [5, 5.41) is 18.4. The van der Waals surface area contributed by atoms with Gasteiger partial charge >= 0.3 is 11.9 Å². The minimum absolute atomic E-state index is 0.0393. The van der Waals surface area contributed by atoms with Crippen LogP contribution in [0.15, 0.2) is 47.4 Å². The fraction of sp³-hybridized carbons (Fsp3) is 0. The normalized spacial score (nSPS) is 15.4. The molecule has 136 valence electrons. The first-order valence-electron chi connectivity index (χ1n) is 7.41. The largest absolute Gasteiger partial charge is 0.478 e. The smallest absolute Gasteiger partial charge is 0.335 e. The Morgan fingerprint density at radius 1 is 1.07 bits per heavy atom. The summed E-state index contributed by atoms with van der Waals surface area (Å²) in [7, 11) is 0. The topological polar surface area (TPSA) is 94.9 Å². The summed E-state index contributed by atoms with van der Waals surface area (Å²) in [6.45, 7) is 0. The van der Waals surface area contributed by atoms with Gasteiger partial charge in [0.25, 0.3) is 5.91 Å². The molecule has 0 bridgehead atoms. The number of carbonyl (C=O) groups excluding carboxylic acids is 1. The third-order valence-corrected chi connectivity index (χ3v) is 4.91. The van der Waals surface area contributed by atoms with Crippen molar-refractivity contribution in [3.8, 4) is 0 Å². The molecule has 1 saturated heterocycles. The minimum Gasteiger partial charge on any atom is -0.478 e. The number of carbonyl (C=O) groups is 3. The molecule has 0 radical (unpaired) electrons. The zero-order chi connectivity index (χ0) is 19.7. The van der Waals surface area contributed by atoms with Gasteiger partial charge in [0.2, 0.25) is 0 Å². The molecule has 2 aromatic carbocycles. The van der Waals surface area contributed by atoms with Crippen molar-refractivity contribution in [3.05, 3.63) is 69.9 Å². The first-order chi connectivity index (χ1) is 12.8. The van der Waals surface area contributed by atoms with Crippen LogP contribution in [-0.4, -0.2) is 32.4 Å². The van der Waals surface area contributed by atoms with Gasteiger partial charge in [-0.15, -0.1) is 0 Å². The summed E-state index contributed by atoms with van der Waals surface area (Å²) in [6, 6.07) is 8.97. The molecule has 0 unspecified atom stereocenters. The molecule has 1 amide bonds. The van der Waals surface area contributed by atoms with Crippen LogP contribution < -0.4 is 4.90 Å². The highest BCUT2D eigenvalue weighted by molar-refractivity contribution is 8.27. The van der Waals surface area contributed by atoms with Crippen molar-refractivity contribution >= 4 is 57.9 Å². The molecule has 2 N–H and O–H groups in total. The second-order valence-electron chi connectivity index (χ2n) is 5.45. The number of benzene rings is 2. The van der Waals surface area contributed by atoms with E-state index in [9.17, 15) is 29.0 Å². The Morgan fingerprint density at radius 3 is 2.26 bits per heavy atom. The fourth-order valence-corrected chi connectivity index (χ4v) is 3.72. The van der Waals surface area contributed by atoms with E-state index in [2.05, 4.69) is 0 Å². The Bertz CT molecular complexity index is 1000. The number of thiocarbonyl (C=S) groups is 1. The van der Waals surface area contributed by atoms with Gasteiger partial charge in [0.1, 0.15) is 5.82 Å². The molecule has 1 fully saturated rings. The molecule has 1 aliphatic rings. The molecule has 0 atom stereocenters. The number of halogens is 1. The lowest BCUT2D eigenvalue weighted by atomic mass is 10.1. The van der Waals surface area contributed by atoms with Crippen LogP contribution in [0.25, 0.3) is 6.08 Å². The van der Waals surface area contributed by atoms with Crippen LogP contribution in [0.1, 0.15) is 26.3 Å². The van der Waals surface area contributed by atoms with E-state index >= 15 is 0 Å². The Balaban J connectivity index is 2.03. The van der Waals surface area contributed by atoms with Gasteiger partial charge in [0, 0.05) is 0 Å². The van der Waals surface area contributed by atoms with E-state index in [4.69, 9.17) is 12.2 Å². The Hall–Kier alpha value is -3.04. The van der Waals surface area contributed by atoms with Crippen molar-refractivity contribution in [3.63, 3.8) is 0 Å². The van der Waals surface area contributed by atoms with Crippen molar-refractivity contribution in [1.29, 1.82) is 0 Å². The Kier molecular flexibility index (Phi) is 5.06. The number of thioether (sulfide) groups is 1. The van der Waals surface area contributed by atoms with Crippen LogP contribution in [0.2, 0.25) is 0 Å². The third kappa shape index (κ3) is 3.88. The van der Waals surface area contributed by atoms with Gasteiger partial charge in [-0.25, -0.2) is 14.0 Å². The quantitative estimate of drug-likeness (QED) is 0.595. The van der Waals surface area contributed by atoms with Crippen molar-refractivity contribution in [2.75, 3.05) is 4.90 Å². The highest BCUT2D eigenvalue weighted by Crippen LogP contribution is 2.36. The van der Waals surface area contributed by atoms with Crippen LogP contribution in [0.3, 0.4) is 0 Å². The molecule has 0 aliphatic carbocycles. The van der Waals surface area contributed by atoms with Crippen molar-refractivity contribution < 1.29 is 29.0 Å². The number of amides is 1. The predicted octanol–water partition coefficient (Wildman–Crippen LogP) is 3.63. The summed E-state index contributed by atoms with van der Waals surface area (Å²) in [4.78, 5) is 36.5. The number of carboxylic acids is 2. The predicted molar refractivity (Wildman–Crippen MR) is 102 cm³/mol. The summed E-state index contributed by atoms with van der Waals surface area (Å²) < 4.78 is 13.4. The highest BCUT2D eigenvalue weighted by Gasteiger charge is 2.34. The van der Waals surface area contributed by atoms with Gasteiger partial charge < -0.3 is 10.2 Å². The summed E-state index contributed by atoms with van der Waals surface area (Å²) in [6.07, 6.45) is 1.46. The fourth-order valence-electron chi connectivity index (χ4n) is 2.43. The molecule has 3 rings (SSSR count). The molecule has 0 spiro atoms. The van der Waals surface area contributed by atoms with E-state index in [0.717, 1.165) is 22.7 Å². The zero-order valence-electron chi connectivity index (χ0n) is 13.4. The Labute approximate surface area is 161 Å². The number of hydrogen-bond acceptors (Lipinski definition) is 5. The zero-order valence-corrected chi connectivity index (χ0v) is 15.0. The number of aromatic carboxylic acids is 2. The first-order valence-corrected chi connectivity index (χ1v) is 8.64. The van der Waals surface area contributed by atoms with Gasteiger partial charge in [-0.05, 0) is 42.0 Å². The lowest BCUT2D eigenvalue weighted by molar-refractivity contribution is -0.113. The van der Waals surface area contributed by atoms with Crippen molar-refractivity contribution in [1.82, 2.24) is 0 Å². The SMILES string of the molecule is O=C(O)c1cc(C(=O)O)cc(N2C(=O)/C(=C/c3cccc(F)c3)SC2=S)c1. The molecule has 6 nitrogen and oxygen atoms in total. The number of carboxylic acid groups (broad SMARTS) is 2. The van der Waals surface area contributed by atoms with E-state index in [1.54, 1.807) is 6.07 Å². The van der Waals surface area contributed by atoms with Crippen LogP contribution in [0, 0.1) is 5.82 Å². The second-order valence-corrected chi connectivity index (χ2v) is 7.13. The van der Waals surface area contributed by atoms with E-state index < -0.39 is 23.7 Å². The molecule has 0 saturated carbocycles. The summed E-state index contributed by atoms with van der Waals surface area (Å²) >= 11 is 6.15. The number of anilines is 1. The maximum atomic E-state index is 13.3. The number of hydrogen-bond donors (Lipinski definition) is 2. The summed E-state index contributed by atoms with van der Waals surface area (Å²) in [5.41, 5.74) is -0.0698. The molecular formula is C18H10FNO5S2. The maximum Gasteiger partial charge on any atom is 0.335 e. The Morgan fingerprint density at radius 2 is 1.70 bits per heavy atom. The van der Waals surface area contributed by atoms with Gasteiger partial charge in [0.05, 0.1) is 21.7 Å². The van der Waals surface area contributed by atoms with E-state index in [0.29, 0.717) is 5.56 Å². The molecule has 27 heavy (non-hydrogen) atoms. The first kappa shape index (κ1) is 18.7. The standard InChI is InChI=1S/C18H10FNO5S2/c19-12-3-1-2-9(4-12)5-14-15(21)20(18(26)27-14)13-7-10(16(22)23)6-11(8-13)17(24)25/h1-8H,(H,22,23)(H,24,25)/b14-5-. The lowest BCUT2D eigenvalue weighted by Crippen LogP contribution is -2.28. The van der Waals surface area contributed by atoms with Crippen LogP contribution >= 0.6 is 24.0 Å².